The lowest BCUT2D eigenvalue weighted by Crippen LogP contribution is -2.53. The quantitative estimate of drug-likeness (QED) is 0.0300. The molecule has 0 aromatic carbocycles. The molecule has 0 spiro atoms. The first-order valence-corrected chi connectivity index (χ1v) is 21.4. The monoisotopic (exact) mass is 723 g/mol. The first-order chi connectivity index (χ1) is 23.2. The van der Waals surface area contributed by atoms with Crippen LogP contribution >= 0.6 is 7.82 Å². The second-order valence-electron chi connectivity index (χ2n) is 15.8. The number of carbonyl (C=O) groups excluding carboxylic acids is 1. The summed E-state index contributed by atoms with van der Waals surface area (Å²) in [6.45, 7) is 6.48. The molecule has 0 aromatic rings. The average Bonchev–Trinajstić information content (AvgIpc) is 3.02. The van der Waals surface area contributed by atoms with Crippen molar-refractivity contribution in [3.05, 3.63) is 0 Å². The van der Waals surface area contributed by atoms with Crippen molar-refractivity contribution in [2.75, 3.05) is 40.9 Å². The molecule has 5 atom stereocenters. The molecular weight excluding hydrogens is 643 g/mol. The van der Waals surface area contributed by atoms with Gasteiger partial charge in [-0.1, -0.05) is 156 Å². The second kappa shape index (κ2) is 29.9. The van der Waals surface area contributed by atoms with Crippen molar-refractivity contribution >= 4 is 13.7 Å². The summed E-state index contributed by atoms with van der Waals surface area (Å²) in [6.07, 6.45) is 20.8. The van der Waals surface area contributed by atoms with E-state index in [1.54, 1.807) is 0 Å². The first-order valence-electron chi connectivity index (χ1n) is 19.9. The minimum absolute atomic E-state index is 0.0812. The van der Waals surface area contributed by atoms with E-state index in [0.717, 1.165) is 44.4 Å². The van der Waals surface area contributed by atoms with Crippen LogP contribution in [-0.4, -0.2) is 91.0 Å². The van der Waals surface area contributed by atoms with Crippen LogP contribution in [0.25, 0.3) is 0 Å². The lowest BCUT2D eigenvalue weighted by Gasteiger charge is -2.31. The Balaban J connectivity index is 4.73. The number of phosphoric ester groups is 1. The van der Waals surface area contributed by atoms with Crippen LogP contribution in [0.15, 0.2) is 0 Å². The third-order valence-corrected chi connectivity index (χ3v) is 10.2. The van der Waals surface area contributed by atoms with E-state index in [4.69, 9.17) is 9.05 Å². The number of amides is 1. The van der Waals surface area contributed by atoms with E-state index in [2.05, 4.69) is 26.1 Å². The van der Waals surface area contributed by atoms with Gasteiger partial charge < -0.3 is 39.1 Å². The molecule has 294 valence electrons. The highest BCUT2D eigenvalue weighted by Crippen LogP contribution is 2.38. The summed E-state index contributed by atoms with van der Waals surface area (Å²) in [5.41, 5.74) is 0. The number of aliphatic hydroxyl groups excluding tert-OH is 3. The van der Waals surface area contributed by atoms with Crippen molar-refractivity contribution < 1.29 is 43.1 Å². The summed E-state index contributed by atoms with van der Waals surface area (Å²) < 4.78 is 23.0. The lowest BCUT2D eigenvalue weighted by atomic mass is 9.99. The van der Waals surface area contributed by atoms with Gasteiger partial charge in [-0.05, 0) is 18.8 Å². The molecule has 11 heteroatoms. The van der Waals surface area contributed by atoms with Crippen LogP contribution in [0, 0.1) is 5.92 Å². The van der Waals surface area contributed by atoms with Gasteiger partial charge in [-0.2, -0.15) is 0 Å². The van der Waals surface area contributed by atoms with Crippen molar-refractivity contribution in [2.45, 2.75) is 193 Å². The second-order valence-corrected chi connectivity index (χ2v) is 17.2. The number of rotatable bonds is 35. The Morgan fingerprint density at radius 1 is 0.694 bits per heavy atom. The third kappa shape index (κ3) is 30.7. The number of hydrogen-bond donors (Lipinski definition) is 4. The van der Waals surface area contributed by atoms with Crippen molar-refractivity contribution in [3.63, 3.8) is 0 Å². The van der Waals surface area contributed by atoms with Crippen LogP contribution in [0.3, 0.4) is 0 Å². The first kappa shape index (κ1) is 48.4. The number of aliphatic hydroxyl groups is 3. The zero-order valence-electron chi connectivity index (χ0n) is 32.5. The molecule has 0 aliphatic carbocycles. The highest BCUT2D eigenvalue weighted by atomic mass is 31.2. The Kier molecular flexibility index (Phi) is 29.6. The van der Waals surface area contributed by atoms with Gasteiger partial charge >= 0.3 is 0 Å². The number of carbonyl (C=O) groups is 1. The summed E-state index contributed by atoms with van der Waals surface area (Å²) in [5, 5.41) is 34.8. The van der Waals surface area contributed by atoms with Gasteiger partial charge in [0.25, 0.3) is 7.82 Å². The van der Waals surface area contributed by atoms with Crippen molar-refractivity contribution in [1.82, 2.24) is 5.32 Å². The number of unbranched alkanes of at least 4 members (excludes halogenated alkanes) is 18. The van der Waals surface area contributed by atoms with Crippen LogP contribution in [0.4, 0.5) is 0 Å². The van der Waals surface area contributed by atoms with Gasteiger partial charge in [0.05, 0.1) is 39.9 Å². The summed E-state index contributed by atoms with van der Waals surface area (Å²) >= 11 is 0. The molecule has 0 fully saturated rings. The molecular formula is C38H79N2O8P. The average molecular weight is 723 g/mol. The summed E-state index contributed by atoms with van der Waals surface area (Å²) in [5.74, 6) is 0.0364. The summed E-state index contributed by atoms with van der Waals surface area (Å²) in [7, 11) is 0.983. The molecule has 0 aliphatic heterocycles. The zero-order valence-corrected chi connectivity index (χ0v) is 33.4. The van der Waals surface area contributed by atoms with Crippen LogP contribution < -0.4 is 10.2 Å². The maximum absolute atomic E-state index is 12.9. The fourth-order valence-electron chi connectivity index (χ4n) is 5.86. The number of phosphoric acid groups is 1. The summed E-state index contributed by atoms with van der Waals surface area (Å²) in [6, 6.07) is -1.24. The molecule has 49 heavy (non-hydrogen) atoms. The van der Waals surface area contributed by atoms with Gasteiger partial charge in [0.15, 0.2) is 0 Å². The molecule has 0 aliphatic rings. The van der Waals surface area contributed by atoms with E-state index in [0.29, 0.717) is 30.3 Å². The Hall–Kier alpha value is -0.580. The fraction of sp³-hybridized carbons (Fsp3) is 0.974. The molecule has 0 radical (unpaired) electrons. The van der Waals surface area contributed by atoms with Gasteiger partial charge in [0.2, 0.25) is 5.91 Å². The minimum atomic E-state index is -4.73. The van der Waals surface area contributed by atoms with Crippen LogP contribution in [0.5, 0.6) is 0 Å². The molecule has 0 aromatic heterocycles. The molecule has 0 saturated heterocycles. The molecule has 0 bridgehead atoms. The predicted molar refractivity (Wildman–Crippen MR) is 199 cm³/mol. The normalized spacial score (nSPS) is 16.0. The van der Waals surface area contributed by atoms with Crippen molar-refractivity contribution in [2.24, 2.45) is 5.92 Å². The van der Waals surface area contributed by atoms with E-state index in [9.17, 15) is 29.6 Å². The standard InChI is InChI=1S/C38H79N2O8P/c1-7-8-9-10-11-12-13-14-15-20-23-26-29-36(42)38(44)39-34(32-48-49(45,46)47-31-30-40(4,5)6)37(43)35(41)28-25-22-19-17-16-18-21-24-27-33(2)3/h33-37,41-43H,7-32H2,1-6H3,(H-,39,44,45,46)/t34-,35+,36?,37-/m0/s1. The van der Waals surface area contributed by atoms with Crippen LogP contribution in [0.2, 0.25) is 0 Å². The SMILES string of the molecule is CCCCCCCCCCCCCCC(O)C(=O)N[C@@H](COP(=O)([O-])OCC[N+](C)(C)C)[C@H](O)[C@H](O)CCCCCCCCCCC(C)C. The number of nitrogens with one attached hydrogen (secondary N) is 1. The zero-order chi connectivity index (χ0) is 37.0. The maximum Gasteiger partial charge on any atom is 0.268 e. The summed E-state index contributed by atoms with van der Waals surface area (Å²) in [4.78, 5) is 25.3. The molecule has 0 heterocycles. The fourth-order valence-corrected chi connectivity index (χ4v) is 6.58. The Bertz CT molecular complexity index is 826. The van der Waals surface area contributed by atoms with Gasteiger partial charge in [-0.3, -0.25) is 9.36 Å². The highest BCUT2D eigenvalue weighted by Gasteiger charge is 2.31. The Labute approximate surface area is 301 Å². The van der Waals surface area contributed by atoms with Crippen LogP contribution in [0.1, 0.15) is 168 Å². The van der Waals surface area contributed by atoms with E-state index in [-0.39, 0.29) is 13.0 Å². The molecule has 4 N–H and O–H groups in total. The Morgan fingerprint density at radius 2 is 1.12 bits per heavy atom. The van der Waals surface area contributed by atoms with Gasteiger partial charge in [-0.15, -0.1) is 0 Å². The van der Waals surface area contributed by atoms with E-state index < -0.39 is 44.7 Å². The molecule has 2 unspecified atom stereocenters. The molecule has 1 amide bonds. The predicted octanol–water partition coefficient (Wildman–Crippen LogP) is 7.41. The van der Waals surface area contributed by atoms with Crippen LogP contribution in [-0.2, 0) is 18.4 Å². The third-order valence-electron chi connectivity index (χ3n) is 9.22. The van der Waals surface area contributed by atoms with E-state index in [1.807, 2.05) is 21.1 Å². The highest BCUT2D eigenvalue weighted by molar-refractivity contribution is 7.45. The molecule has 0 saturated carbocycles. The van der Waals surface area contributed by atoms with E-state index >= 15 is 0 Å². The Morgan fingerprint density at radius 3 is 1.57 bits per heavy atom. The van der Waals surface area contributed by atoms with Gasteiger partial charge in [0.1, 0.15) is 25.4 Å². The lowest BCUT2D eigenvalue weighted by molar-refractivity contribution is -0.870. The number of quaternary nitrogens is 1. The van der Waals surface area contributed by atoms with Gasteiger partial charge in [-0.25, -0.2) is 0 Å². The molecule has 0 rings (SSSR count). The number of hydrogen-bond acceptors (Lipinski definition) is 8. The smallest absolute Gasteiger partial charge is 0.268 e. The largest absolute Gasteiger partial charge is 0.756 e. The number of likely N-dealkylation sites (N-methyl/N-ethyl adjacent to an activating group) is 1. The van der Waals surface area contributed by atoms with Crippen molar-refractivity contribution in [3.8, 4) is 0 Å². The maximum atomic E-state index is 12.9. The number of nitrogens with zero attached hydrogens (tertiary/aromatic N) is 1. The topological polar surface area (TPSA) is 148 Å². The molecule has 10 nitrogen and oxygen atoms in total. The van der Waals surface area contributed by atoms with Gasteiger partial charge in [0, 0.05) is 0 Å². The van der Waals surface area contributed by atoms with E-state index in [1.165, 1.54) is 83.5 Å². The minimum Gasteiger partial charge on any atom is -0.756 e. The van der Waals surface area contributed by atoms with Crippen molar-refractivity contribution in [1.29, 1.82) is 0 Å².